The Morgan fingerprint density at radius 1 is 1.48 bits per heavy atom. The van der Waals surface area contributed by atoms with Crippen molar-refractivity contribution >= 4 is 43.2 Å². The Morgan fingerprint density at radius 2 is 2.29 bits per heavy atom. The highest BCUT2D eigenvalue weighted by Crippen LogP contribution is 2.33. The summed E-state index contributed by atoms with van der Waals surface area (Å²) in [6.07, 6.45) is 2.16. The van der Waals surface area contributed by atoms with Crippen molar-refractivity contribution in [3.63, 3.8) is 0 Å². The van der Waals surface area contributed by atoms with Gasteiger partial charge in [-0.05, 0) is 32.4 Å². The predicted molar refractivity (Wildman–Crippen MR) is 89.8 cm³/mol. The molecule has 1 aliphatic rings. The molecule has 2 atom stereocenters. The second kappa shape index (κ2) is 5.90. The van der Waals surface area contributed by atoms with Crippen LogP contribution in [0.25, 0.3) is 9.53 Å². The SMILES string of the molecule is CC1NCCCC1NC(=O)c1cc2sc(N(C)C)nc2s1. The number of hydrogen-bond acceptors (Lipinski definition) is 6. The van der Waals surface area contributed by atoms with Crippen LogP contribution in [0.3, 0.4) is 0 Å². The first-order chi connectivity index (χ1) is 10.0. The maximum atomic E-state index is 12.4. The minimum Gasteiger partial charge on any atom is -0.354 e. The molecule has 2 aromatic rings. The zero-order valence-corrected chi connectivity index (χ0v) is 14.1. The maximum absolute atomic E-state index is 12.4. The maximum Gasteiger partial charge on any atom is 0.261 e. The van der Waals surface area contributed by atoms with Crippen LogP contribution in [0.1, 0.15) is 29.4 Å². The topological polar surface area (TPSA) is 57.3 Å². The molecule has 7 heteroatoms. The summed E-state index contributed by atoms with van der Waals surface area (Å²) >= 11 is 3.10. The van der Waals surface area contributed by atoms with Crippen LogP contribution in [0.4, 0.5) is 5.13 Å². The lowest BCUT2D eigenvalue weighted by atomic mass is 10.00. The van der Waals surface area contributed by atoms with Crippen LogP contribution in [-0.2, 0) is 0 Å². The van der Waals surface area contributed by atoms with Gasteiger partial charge in [0.25, 0.3) is 5.91 Å². The lowest BCUT2D eigenvalue weighted by Crippen LogP contribution is -2.51. The number of thiazole rings is 1. The molecule has 2 N–H and O–H groups in total. The molecular formula is C14H20N4OS2. The van der Waals surface area contributed by atoms with E-state index in [1.165, 1.54) is 11.3 Å². The summed E-state index contributed by atoms with van der Waals surface area (Å²) in [5.74, 6) is 0.0251. The number of anilines is 1. The Kier molecular flexibility index (Phi) is 4.14. The van der Waals surface area contributed by atoms with Crippen molar-refractivity contribution in [2.75, 3.05) is 25.5 Å². The van der Waals surface area contributed by atoms with E-state index >= 15 is 0 Å². The normalized spacial score (nSPS) is 22.4. The Morgan fingerprint density at radius 3 is 2.95 bits per heavy atom. The van der Waals surface area contributed by atoms with Crippen molar-refractivity contribution in [1.29, 1.82) is 0 Å². The average molecular weight is 324 g/mol. The van der Waals surface area contributed by atoms with Crippen molar-refractivity contribution in [2.24, 2.45) is 0 Å². The predicted octanol–water partition coefficient (Wildman–Crippen LogP) is 2.29. The Hall–Kier alpha value is -1.18. The molecule has 1 fully saturated rings. The van der Waals surface area contributed by atoms with E-state index in [9.17, 15) is 4.79 Å². The van der Waals surface area contributed by atoms with Gasteiger partial charge in [-0.1, -0.05) is 11.3 Å². The fourth-order valence-electron chi connectivity index (χ4n) is 2.51. The van der Waals surface area contributed by atoms with Crippen LogP contribution in [0.15, 0.2) is 6.07 Å². The van der Waals surface area contributed by atoms with E-state index in [1.807, 2.05) is 25.1 Å². The molecule has 0 aromatic carbocycles. The van der Waals surface area contributed by atoms with Crippen LogP contribution >= 0.6 is 22.7 Å². The van der Waals surface area contributed by atoms with Gasteiger partial charge < -0.3 is 15.5 Å². The number of fused-ring (bicyclic) bond motifs is 1. The summed E-state index contributed by atoms with van der Waals surface area (Å²) in [5, 5.41) is 7.53. The van der Waals surface area contributed by atoms with Crippen LogP contribution in [0.2, 0.25) is 0 Å². The van der Waals surface area contributed by atoms with Crippen LogP contribution < -0.4 is 15.5 Å². The minimum absolute atomic E-state index is 0.0251. The smallest absolute Gasteiger partial charge is 0.261 e. The number of piperidine rings is 1. The fourth-order valence-corrected chi connectivity index (χ4v) is 4.54. The van der Waals surface area contributed by atoms with Gasteiger partial charge in [0.2, 0.25) is 0 Å². The van der Waals surface area contributed by atoms with Crippen molar-refractivity contribution < 1.29 is 4.79 Å². The van der Waals surface area contributed by atoms with E-state index in [1.54, 1.807) is 11.3 Å². The minimum atomic E-state index is 0.0251. The highest BCUT2D eigenvalue weighted by molar-refractivity contribution is 7.29. The largest absolute Gasteiger partial charge is 0.354 e. The molecule has 1 saturated heterocycles. The van der Waals surface area contributed by atoms with E-state index in [2.05, 4.69) is 22.5 Å². The number of amides is 1. The van der Waals surface area contributed by atoms with Crippen molar-refractivity contribution in [2.45, 2.75) is 31.8 Å². The molecule has 2 unspecified atom stereocenters. The van der Waals surface area contributed by atoms with E-state index < -0.39 is 0 Å². The second-order valence-electron chi connectivity index (χ2n) is 5.64. The molecule has 2 aromatic heterocycles. The number of aromatic nitrogens is 1. The average Bonchev–Trinajstić information content (AvgIpc) is 2.99. The third-order valence-electron chi connectivity index (χ3n) is 3.76. The summed E-state index contributed by atoms with van der Waals surface area (Å²) < 4.78 is 1.09. The second-order valence-corrected chi connectivity index (χ2v) is 7.68. The van der Waals surface area contributed by atoms with Gasteiger partial charge >= 0.3 is 0 Å². The molecule has 1 aliphatic heterocycles. The van der Waals surface area contributed by atoms with Gasteiger partial charge in [-0.25, -0.2) is 4.98 Å². The lowest BCUT2D eigenvalue weighted by Gasteiger charge is -2.30. The summed E-state index contributed by atoms with van der Waals surface area (Å²) in [7, 11) is 3.96. The van der Waals surface area contributed by atoms with E-state index in [-0.39, 0.29) is 11.9 Å². The molecule has 21 heavy (non-hydrogen) atoms. The third-order valence-corrected chi connectivity index (χ3v) is 6.09. The first-order valence-electron chi connectivity index (χ1n) is 7.16. The zero-order chi connectivity index (χ0) is 15.0. The molecule has 0 bridgehead atoms. The third kappa shape index (κ3) is 3.04. The summed E-state index contributed by atoms with van der Waals surface area (Å²) in [6, 6.07) is 2.51. The van der Waals surface area contributed by atoms with Gasteiger partial charge in [0.15, 0.2) is 5.13 Å². The quantitative estimate of drug-likeness (QED) is 0.909. The molecule has 114 valence electrons. The van der Waals surface area contributed by atoms with Gasteiger partial charge in [-0.3, -0.25) is 4.79 Å². The number of rotatable bonds is 3. The molecular weight excluding hydrogens is 304 g/mol. The monoisotopic (exact) mass is 324 g/mol. The lowest BCUT2D eigenvalue weighted by molar-refractivity contribution is 0.0924. The molecule has 1 amide bonds. The first-order valence-corrected chi connectivity index (χ1v) is 8.80. The van der Waals surface area contributed by atoms with Crippen LogP contribution in [-0.4, -0.2) is 43.6 Å². The summed E-state index contributed by atoms with van der Waals surface area (Å²) in [5.41, 5.74) is 0. The number of carbonyl (C=O) groups excluding carboxylic acids is 1. The number of nitrogens with zero attached hydrogens (tertiary/aromatic N) is 2. The molecule has 0 aliphatic carbocycles. The first kappa shape index (κ1) is 14.7. The number of carbonyl (C=O) groups is 1. The van der Waals surface area contributed by atoms with E-state index in [0.717, 1.165) is 38.9 Å². The van der Waals surface area contributed by atoms with Crippen molar-refractivity contribution in [1.82, 2.24) is 15.6 Å². The van der Waals surface area contributed by atoms with Gasteiger partial charge in [-0.15, -0.1) is 11.3 Å². The number of hydrogen-bond donors (Lipinski definition) is 2. The summed E-state index contributed by atoms with van der Waals surface area (Å²) in [6.45, 7) is 3.17. The van der Waals surface area contributed by atoms with Gasteiger partial charge in [0.05, 0.1) is 9.58 Å². The Bertz CT molecular complexity index is 617. The highest BCUT2D eigenvalue weighted by Gasteiger charge is 2.24. The number of nitrogens with one attached hydrogen (secondary N) is 2. The molecule has 0 spiro atoms. The van der Waals surface area contributed by atoms with E-state index in [4.69, 9.17) is 0 Å². The standard InChI is InChI=1S/C14H20N4OS2/c1-8-9(5-4-6-15-8)16-12(19)10-7-11-13(20-10)17-14(21-11)18(2)3/h7-9,15H,4-6H2,1-3H3,(H,16,19). The molecule has 5 nitrogen and oxygen atoms in total. The van der Waals surface area contributed by atoms with E-state index in [0.29, 0.717) is 6.04 Å². The van der Waals surface area contributed by atoms with Gasteiger partial charge in [0, 0.05) is 26.2 Å². The fraction of sp³-hybridized carbons (Fsp3) is 0.571. The van der Waals surface area contributed by atoms with Crippen molar-refractivity contribution in [3.8, 4) is 0 Å². The molecule has 0 saturated carbocycles. The number of thiophene rings is 1. The zero-order valence-electron chi connectivity index (χ0n) is 12.5. The molecule has 0 radical (unpaired) electrons. The van der Waals surface area contributed by atoms with Crippen molar-refractivity contribution in [3.05, 3.63) is 10.9 Å². The van der Waals surface area contributed by atoms with Gasteiger partial charge in [0.1, 0.15) is 4.83 Å². The van der Waals surface area contributed by atoms with Gasteiger partial charge in [-0.2, -0.15) is 0 Å². The van der Waals surface area contributed by atoms with Crippen LogP contribution in [0, 0.1) is 0 Å². The summed E-state index contributed by atoms with van der Waals surface area (Å²) in [4.78, 5) is 20.6. The Labute approximate surface area is 132 Å². The molecule has 3 heterocycles. The Balaban J connectivity index is 1.73. The molecule has 3 rings (SSSR count). The highest BCUT2D eigenvalue weighted by atomic mass is 32.1. The van der Waals surface area contributed by atoms with Crippen LogP contribution in [0.5, 0.6) is 0 Å².